The zero-order valence-electron chi connectivity index (χ0n) is 12.0. The van der Waals surface area contributed by atoms with Gasteiger partial charge in [0.15, 0.2) is 5.96 Å². The van der Waals surface area contributed by atoms with Crippen LogP contribution in [0.2, 0.25) is 0 Å². The lowest BCUT2D eigenvalue weighted by atomic mass is 10.2. The fraction of sp³-hybridized carbons (Fsp3) is 0.571. The van der Waals surface area contributed by atoms with Crippen LogP contribution in [0.3, 0.4) is 0 Å². The van der Waals surface area contributed by atoms with Crippen molar-refractivity contribution in [2.24, 2.45) is 10.7 Å². The monoisotopic (exact) mass is 277 g/mol. The number of nitrogens with one attached hydrogen (secondary N) is 1. The van der Waals surface area contributed by atoms with Gasteiger partial charge in [-0.2, -0.15) is 0 Å². The SMILES string of the molecule is CCCNC(N)=NCc1cccnc1N1CCOCC1. The second-order valence-electron chi connectivity index (χ2n) is 4.71. The standard InChI is InChI=1S/C14H23N5O/c1-2-5-17-14(15)18-11-12-4-3-6-16-13(12)19-7-9-20-10-8-19/h3-4,6H,2,5,7-11H2,1H3,(H3,15,17,18). The summed E-state index contributed by atoms with van der Waals surface area (Å²) < 4.78 is 5.38. The third-order valence-corrected chi connectivity index (χ3v) is 3.15. The van der Waals surface area contributed by atoms with Gasteiger partial charge in [0.05, 0.1) is 19.8 Å². The van der Waals surface area contributed by atoms with E-state index in [1.807, 2.05) is 18.3 Å². The summed E-state index contributed by atoms with van der Waals surface area (Å²) in [6.07, 6.45) is 2.85. The van der Waals surface area contributed by atoms with Crippen molar-refractivity contribution in [2.75, 3.05) is 37.7 Å². The van der Waals surface area contributed by atoms with E-state index in [2.05, 4.69) is 27.1 Å². The van der Waals surface area contributed by atoms with Crippen LogP contribution in [0.5, 0.6) is 0 Å². The predicted octanol–water partition coefficient (Wildman–Crippen LogP) is 0.732. The highest BCUT2D eigenvalue weighted by Gasteiger charge is 2.15. The molecule has 2 heterocycles. The number of morpholine rings is 1. The van der Waals surface area contributed by atoms with E-state index in [0.29, 0.717) is 12.5 Å². The number of guanidine groups is 1. The third kappa shape index (κ3) is 4.09. The Hall–Kier alpha value is -1.82. The van der Waals surface area contributed by atoms with E-state index in [0.717, 1.165) is 50.7 Å². The summed E-state index contributed by atoms with van der Waals surface area (Å²) in [6, 6.07) is 3.98. The highest BCUT2D eigenvalue weighted by atomic mass is 16.5. The molecule has 1 saturated heterocycles. The molecule has 1 aliphatic rings. The maximum atomic E-state index is 5.82. The molecule has 0 bridgehead atoms. The first-order valence-corrected chi connectivity index (χ1v) is 7.11. The zero-order valence-corrected chi connectivity index (χ0v) is 12.0. The molecule has 0 atom stereocenters. The number of aromatic nitrogens is 1. The average Bonchev–Trinajstić information content (AvgIpc) is 2.52. The molecule has 20 heavy (non-hydrogen) atoms. The summed E-state index contributed by atoms with van der Waals surface area (Å²) in [5.41, 5.74) is 6.91. The topological polar surface area (TPSA) is 75.8 Å². The Morgan fingerprint density at radius 1 is 1.50 bits per heavy atom. The van der Waals surface area contributed by atoms with Gasteiger partial charge in [-0.25, -0.2) is 9.98 Å². The van der Waals surface area contributed by atoms with Crippen LogP contribution in [0.25, 0.3) is 0 Å². The van der Waals surface area contributed by atoms with Gasteiger partial charge in [0, 0.05) is 31.4 Å². The predicted molar refractivity (Wildman–Crippen MR) is 80.9 cm³/mol. The van der Waals surface area contributed by atoms with Crippen molar-refractivity contribution in [3.05, 3.63) is 23.9 Å². The van der Waals surface area contributed by atoms with Crippen molar-refractivity contribution in [1.29, 1.82) is 0 Å². The molecule has 0 unspecified atom stereocenters. The van der Waals surface area contributed by atoms with Gasteiger partial charge in [0.2, 0.25) is 0 Å². The number of nitrogens with zero attached hydrogens (tertiary/aromatic N) is 3. The van der Waals surface area contributed by atoms with E-state index in [4.69, 9.17) is 10.5 Å². The number of aliphatic imine (C=N–C) groups is 1. The van der Waals surface area contributed by atoms with Crippen molar-refractivity contribution >= 4 is 11.8 Å². The van der Waals surface area contributed by atoms with E-state index in [-0.39, 0.29) is 0 Å². The Balaban J connectivity index is 2.03. The minimum atomic E-state index is 0.489. The average molecular weight is 277 g/mol. The molecule has 0 aromatic carbocycles. The maximum Gasteiger partial charge on any atom is 0.188 e. The first-order chi connectivity index (χ1) is 9.81. The summed E-state index contributed by atoms with van der Waals surface area (Å²) in [4.78, 5) is 11.1. The Labute approximate surface area is 120 Å². The Morgan fingerprint density at radius 2 is 2.30 bits per heavy atom. The van der Waals surface area contributed by atoms with Gasteiger partial charge in [-0.05, 0) is 12.5 Å². The van der Waals surface area contributed by atoms with Crippen molar-refractivity contribution in [3.63, 3.8) is 0 Å². The lowest BCUT2D eigenvalue weighted by molar-refractivity contribution is 0.122. The Morgan fingerprint density at radius 3 is 3.05 bits per heavy atom. The van der Waals surface area contributed by atoms with Crippen LogP contribution in [-0.2, 0) is 11.3 Å². The first-order valence-electron chi connectivity index (χ1n) is 7.11. The lowest BCUT2D eigenvalue weighted by Crippen LogP contribution is -2.37. The summed E-state index contributed by atoms with van der Waals surface area (Å²) >= 11 is 0. The van der Waals surface area contributed by atoms with Crippen molar-refractivity contribution in [1.82, 2.24) is 10.3 Å². The smallest absolute Gasteiger partial charge is 0.188 e. The van der Waals surface area contributed by atoms with Crippen LogP contribution in [0.4, 0.5) is 5.82 Å². The second-order valence-corrected chi connectivity index (χ2v) is 4.71. The number of anilines is 1. The van der Waals surface area contributed by atoms with Gasteiger partial charge in [-0.3, -0.25) is 0 Å². The van der Waals surface area contributed by atoms with Crippen molar-refractivity contribution in [3.8, 4) is 0 Å². The molecule has 0 aliphatic carbocycles. The first kappa shape index (κ1) is 14.6. The van der Waals surface area contributed by atoms with Gasteiger partial charge >= 0.3 is 0 Å². The number of ether oxygens (including phenoxy) is 1. The van der Waals surface area contributed by atoms with E-state index < -0.39 is 0 Å². The normalized spacial score (nSPS) is 16.2. The fourth-order valence-electron chi connectivity index (χ4n) is 2.09. The summed E-state index contributed by atoms with van der Waals surface area (Å²) in [6.45, 7) is 6.73. The number of hydrogen-bond acceptors (Lipinski definition) is 4. The quantitative estimate of drug-likeness (QED) is 0.613. The minimum Gasteiger partial charge on any atom is -0.378 e. The van der Waals surface area contributed by atoms with Crippen LogP contribution in [0, 0.1) is 0 Å². The molecule has 6 heteroatoms. The summed E-state index contributed by atoms with van der Waals surface area (Å²) in [7, 11) is 0. The molecule has 1 aromatic rings. The van der Waals surface area contributed by atoms with Gasteiger partial charge < -0.3 is 20.7 Å². The van der Waals surface area contributed by atoms with E-state index in [1.165, 1.54) is 0 Å². The fourth-order valence-corrected chi connectivity index (χ4v) is 2.09. The molecule has 0 saturated carbocycles. The molecule has 1 aromatic heterocycles. The highest BCUT2D eigenvalue weighted by molar-refractivity contribution is 5.77. The second kappa shape index (κ2) is 7.69. The third-order valence-electron chi connectivity index (χ3n) is 3.15. The molecule has 110 valence electrons. The van der Waals surface area contributed by atoms with Crippen molar-refractivity contribution in [2.45, 2.75) is 19.9 Å². The minimum absolute atomic E-state index is 0.489. The maximum absolute atomic E-state index is 5.82. The molecule has 0 radical (unpaired) electrons. The van der Waals surface area contributed by atoms with Crippen molar-refractivity contribution < 1.29 is 4.74 Å². The van der Waals surface area contributed by atoms with E-state index in [9.17, 15) is 0 Å². The Kier molecular flexibility index (Phi) is 5.61. The number of hydrogen-bond donors (Lipinski definition) is 2. The zero-order chi connectivity index (χ0) is 14.2. The number of pyridine rings is 1. The van der Waals surface area contributed by atoms with E-state index >= 15 is 0 Å². The molecule has 3 N–H and O–H groups in total. The van der Waals surface area contributed by atoms with Crippen LogP contribution in [0.15, 0.2) is 23.3 Å². The number of nitrogens with two attached hydrogens (primary N) is 1. The Bertz CT molecular complexity index is 443. The largest absolute Gasteiger partial charge is 0.378 e. The molecule has 0 spiro atoms. The van der Waals surface area contributed by atoms with Crippen LogP contribution < -0.4 is 16.0 Å². The highest BCUT2D eigenvalue weighted by Crippen LogP contribution is 2.19. The molecule has 0 amide bonds. The van der Waals surface area contributed by atoms with E-state index in [1.54, 1.807) is 0 Å². The molecule has 2 rings (SSSR count). The van der Waals surface area contributed by atoms with Crippen LogP contribution in [0.1, 0.15) is 18.9 Å². The lowest BCUT2D eigenvalue weighted by Gasteiger charge is -2.29. The van der Waals surface area contributed by atoms with Gasteiger partial charge in [0.25, 0.3) is 0 Å². The summed E-state index contributed by atoms with van der Waals surface area (Å²) in [5.74, 6) is 1.48. The molecule has 1 aliphatic heterocycles. The molecule has 6 nitrogen and oxygen atoms in total. The number of rotatable bonds is 5. The van der Waals surface area contributed by atoms with Gasteiger partial charge in [0.1, 0.15) is 5.82 Å². The van der Waals surface area contributed by atoms with Crippen LogP contribution in [-0.4, -0.2) is 43.8 Å². The molecular formula is C14H23N5O. The molecular weight excluding hydrogens is 254 g/mol. The van der Waals surface area contributed by atoms with Gasteiger partial charge in [-0.1, -0.05) is 13.0 Å². The summed E-state index contributed by atoms with van der Waals surface area (Å²) in [5, 5.41) is 3.08. The van der Waals surface area contributed by atoms with Crippen LogP contribution >= 0.6 is 0 Å². The molecule has 1 fully saturated rings. The van der Waals surface area contributed by atoms with Gasteiger partial charge in [-0.15, -0.1) is 0 Å².